The summed E-state index contributed by atoms with van der Waals surface area (Å²) in [4.78, 5) is 12.1. The van der Waals surface area contributed by atoms with Crippen LogP contribution in [-0.2, 0) is 6.18 Å². The molecule has 3 rings (SSSR count). The standard InChI is InChI=1S/C16H8ClF4N3O2/c17-10-2-1-3-11(18)12(10)13(25)22-15-24-23-14(26-15)8-4-6-9(7-5-8)16(19,20)21/h1-7H,(H,22,24,25). The maximum Gasteiger partial charge on any atom is 0.416 e. The minimum Gasteiger partial charge on any atom is -0.403 e. The summed E-state index contributed by atoms with van der Waals surface area (Å²) in [6, 6.07) is 7.39. The summed E-state index contributed by atoms with van der Waals surface area (Å²) in [7, 11) is 0. The molecule has 1 aromatic heterocycles. The SMILES string of the molecule is O=C(Nc1nnc(-c2ccc(C(F)(F)F)cc2)o1)c1c(F)cccc1Cl. The highest BCUT2D eigenvalue weighted by molar-refractivity contribution is 6.34. The van der Waals surface area contributed by atoms with Gasteiger partial charge in [-0.1, -0.05) is 22.8 Å². The van der Waals surface area contributed by atoms with Crippen LogP contribution in [0.3, 0.4) is 0 Å². The first-order valence-electron chi connectivity index (χ1n) is 7.02. The third-order valence-corrected chi connectivity index (χ3v) is 3.61. The van der Waals surface area contributed by atoms with Crippen LogP contribution in [0.25, 0.3) is 11.5 Å². The van der Waals surface area contributed by atoms with E-state index in [0.717, 1.165) is 30.3 Å². The number of rotatable bonds is 3. The number of aromatic nitrogens is 2. The summed E-state index contributed by atoms with van der Waals surface area (Å²) in [6.07, 6.45) is -4.47. The molecule has 1 N–H and O–H groups in total. The predicted octanol–water partition coefficient (Wildman–Crippen LogP) is 4.80. The normalized spacial score (nSPS) is 11.4. The zero-order chi connectivity index (χ0) is 18.9. The Balaban J connectivity index is 1.79. The van der Waals surface area contributed by atoms with Crippen LogP contribution in [0.4, 0.5) is 23.6 Å². The van der Waals surface area contributed by atoms with Gasteiger partial charge in [-0.2, -0.15) is 13.2 Å². The van der Waals surface area contributed by atoms with Crippen molar-refractivity contribution in [1.29, 1.82) is 0 Å². The number of alkyl halides is 3. The Morgan fingerprint density at radius 1 is 1.08 bits per heavy atom. The molecular formula is C16H8ClF4N3O2. The van der Waals surface area contributed by atoms with Crippen molar-refractivity contribution in [2.24, 2.45) is 0 Å². The Bertz CT molecular complexity index is 935. The molecule has 0 aliphatic rings. The van der Waals surface area contributed by atoms with Crippen molar-refractivity contribution >= 4 is 23.5 Å². The van der Waals surface area contributed by atoms with Gasteiger partial charge in [0, 0.05) is 5.56 Å². The summed E-state index contributed by atoms with van der Waals surface area (Å²) in [5.74, 6) is -1.86. The van der Waals surface area contributed by atoms with E-state index < -0.39 is 29.0 Å². The molecule has 0 saturated carbocycles. The van der Waals surface area contributed by atoms with E-state index in [4.69, 9.17) is 16.0 Å². The van der Waals surface area contributed by atoms with Crippen LogP contribution in [0.1, 0.15) is 15.9 Å². The lowest BCUT2D eigenvalue weighted by molar-refractivity contribution is -0.137. The second-order valence-electron chi connectivity index (χ2n) is 5.04. The molecule has 2 aromatic carbocycles. The quantitative estimate of drug-likeness (QED) is 0.657. The number of carbonyl (C=O) groups is 1. The summed E-state index contributed by atoms with van der Waals surface area (Å²) in [6.45, 7) is 0. The number of benzene rings is 2. The number of anilines is 1. The first kappa shape index (κ1) is 17.9. The van der Waals surface area contributed by atoms with Crippen molar-refractivity contribution in [3.05, 3.63) is 64.4 Å². The Labute approximate surface area is 148 Å². The van der Waals surface area contributed by atoms with Crippen molar-refractivity contribution in [3.63, 3.8) is 0 Å². The zero-order valence-corrected chi connectivity index (χ0v) is 13.4. The third-order valence-electron chi connectivity index (χ3n) is 3.29. The fraction of sp³-hybridized carbons (Fsp3) is 0.0625. The molecule has 0 atom stereocenters. The Morgan fingerprint density at radius 2 is 1.77 bits per heavy atom. The molecule has 0 spiro atoms. The van der Waals surface area contributed by atoms with Crippen LogP contribution >= 0.6 is 11.6 Å². The smallest absolute Gasteiger partial charge is 0.403 e. The molecule has 0 unspecified atom stereocenters. The topological polar surface area (TPSA) is 68.0 Å². The van der Waals surface area contributed by atoms with Gasteiger partial charge in [0.1, 0.15) is 5.82 Å². The fourth-order valence-corrected chi connectivity index (χ4v) is 2.32. The molecule has 0 aliphatic carbocycles. The van der Waals surface area contributed by atoms with E-state index in [2.05, 4.69) is 15.5 Å². The van der Waals surface area contributed by atoms with Crippen molar-refractivity contribution < 1.29 is 26.8 Å². The van der Waals surface area contributed by atoms with Gasteiger partial charge in [-0.25, -0.2) is 4.39 Å². The second kappa shape index (κ2) is 6.75. The summed E-state index contributed by atoms with van der Waals surface area (Å²) in [5.41, 5.74) is -1.01. The lowest BCUT2D eigenvalue weighted by Crippen LogP contribution is -2.14. The van der Waals surface area contributed by atoms with E-state index in [1.54, 1.807) is 0 Å². The maximum absolute atomic E-state index is 13.7. The van der Waals surface area contributed by atoms with Crippen molar-refractivity contribution in [1.82, 2.24) is 10.2 Å². The van der Waals surface area contributed by atoms with E-state index in [1.807, 2.05) is 0 Å². The average molecular weight is 386 g/mol. The summed E-state index contributed by atoms with van der Waals surface area (Å²) >= 11 is 5.78. The first-order valence-corrected chi connectivity index (χ1v) is 7.40. The van der Waals surface area contributed by atoms with Gasteiger partial charge in [0.05, 0.1) is 16.1 Å². The molecule has 0 fully saturated rings. The van der Waals surface area contributed by atoms with Gasteiger partial charge in [0.15, 0.2) is 0 Å². The van der Waals surface area contributed by atoms with Crippen LogP contribution in [0, 0.1) is 5.82 Å². The monoisotopic (exact) mass is 385 g/mol. The molecule has 26 heavy (non-hydrogen) atoms. The van der Waals surface area contributed by atoms with E-state index in [1.165, 1.54) is 12.1 Å². The number of halogens is 5. The minimum absolute atomic E-state index is 0.107. The van der Waals surface area contributed by atoms with Gasteiger partial charge in [0.25, 0.3) is 5.91 Å². The Hall–Kier alpha value is -2.94. The number of nitrogens with one attached hydrogen (secondary N) is 1. The fourth-order valence-electron chi connectivity index (χ4n) is 2.07. The molecule has 0 aliphatic heterocycles. The molecule has 1 heterocycles. The maximum atomic E-state index is 13.7. The molecule has 3 aromatic rings. The third kappa shape index (κ3) is 3.67. The van der Waals surface area contributed by atoms with Crippen molar-refractivity contribution in [3.8, 4) is 11.5 Å². The lowest BCUT2D eigenvalue weighted by atomic mass is 10.1. The molecule has 0 radical (unpaired) electrons. The van der Waals surface area contributed by atoms with E-state index in [9.17, 15) is 22.4 Å². The number of carbonyl (C=O) groups excluding carboxylic acids is 1. The van der Waals surface area contributed by atoms with Gasteiger partial charge in [-0.05, 0) is 36.4 Å². The molecule has 5 nitrogen and oxygen atoms in total. The van der Waals surface area contributed by atoms with Crippen molar-refractivity contribution in [2.45, 2.75) is 6.18 Å². The van der Waals surface area contributed by atoms with Crippen LogP contribution < -0.4 is 5.32 Å². The second-order valence-corrected chi connectivity index (χ2v) is 5.45. The molecule has 10 heteroatoms. The number of hydrogen-bond donors (Lipinski definition) is 1. The number of amides is 1. The van der Waals surface area contributed by atoms with E-state index >= 15 is 0 Å². The highest BCUT2D eigenvalue weighted by atomic mass is 35.5. The molecular weight excluding hydrogens is 378 g/mol. The van der Waals surface area contributed by atoms with Gasteiger partial charge < -0.3 is 4.42 Å². The highest BCUT2D eigenvalue weighted by Crippen LogP contribution is 2.31. The van der Waals surface area contributed by atoms with Gasteiger partial charge in [0.2, 0.25) is 5.89 Å². The Morgan fingerprint density at radius 3 is 2.38 bits per heavy atom. The van der Waals surface area contributed by atoms with E-state index in [-0.39, 0.29) is 22.5 Å². The van der Waals surface area contributed by atoms with Crippen LogP contribution in [0.15, 0.2) is 46.9 Å². The zero-order valence-electron chi connectivity index (χ0n) is 12.6. The van der Waals surface area contributed by atoms with Crippen LogP contribution in [0.5, 0.6) is 0 Å². The number of nitrogens with zero attached hydrogens (tertiary/aromatic N) is 2. The van der Waals surface area contributed by atoms with Crippen molar-refractivity contribution in [2.75, 3.05) is 5.32 Å². The number of hydrogen-bond acceptors (Lipinski definition) is 4. The van der Waals surface area contributed by atoms with E-state index in [0.29, 0.717) is 0 Å². The minimum atomic E-state index is -4.47. The molecule has 0 bridgehead atoms. The predicted molar refractivity (Wildman–Crippen MR) is 84.1 cm³/mol. The molecule has 1 amide bonds. The van der Waals surface area contributed by atoms with Crippen LogP contribution in [0.2, 0.25) is 5.02 Å². The molecule has 134 valence electrons. The first-order chi connectivity index (χ1) is 12.3. The lowest BCUT2D eigenvalue weighted by Gasteiger charge is -2.06. The summed E-state index contributed by atoms with van der Waals surface area (Å²) < 4.78 is 56.5. The largest absolute Gasteiger partial charge is 0.416 e. The average Bonchev–Trinajstić information content (AvgIpc) is 3.02. The highest BCUT2D eigenvalue weighted by Gasteiger charge is 2.30. The van der Waals surface area contributed by atoms with Crippen LogP contribution in [-0.4, -0.2) is 16.1 Å². The van der Waals surface area contributed by atoms with Gasteiger partial charge in [-0.15, -0.1) is 5.10 Å². The Kier molecular flexibility index (Phi) is 4.64. The molecule has 0 saturated heterocycles. The van der Waals surface area contributed by atoms with Gasteiger partial charge in [-0.3, -0.25) is 10.1 Å². The summed E-state index contributed by atoms with van der Waals surface area (Å²) in [5, 5.41) is 9.26. The van der Waals surface area contributed by atoms with Gasteiger partial charge >= 0.3 is 12.2 Å².